The van der Waals surface area contributed by atoms with Gasteiger partial charge in [0.25, 0.3) is 0 Å². The van der Waals surface area contributed by atoms with Crippen molar-refractivity contribution in [3.05, 3.63) is 27.4 Å². The van der Waals surface area contributed by atoms with Gasteiger partial charge < -0.3 is 10.4 Å². The first-order valence-electron chi connectivity index (χ1n) is 5.26. The minimum Gasteiger partial charge on any atom is -0.481 e. The normalized spacial score (nSPS) is 11.7. The van der Waals surface area contributed by atoms with E-state index in [2.05, 4.69) is 5.32 Å². The molecule has 98 valence electrons. The fourth-order valence-corrected chi connectivity index (χ4v) is 1.98. The number of carboxylic acid groups (broad SMARTS) is 1. The second-order valence-corrected chi connectivity index (χ2v) is 6.13. The molecule has 0 atom stereocenters. The Morgan fingerprint density at radius 1 is 1.50 bits per heavy atom. The van der Waals surface area contributed by atoms with Gasteiger partial charge in [-0.05, 0) is 32.1 Å². The number of carbonyl (C=O) groups excluding carboxylic acids is 1. The third kappa shape index (κ3) is 4.50. The lowest BCUT2D eigenvalue weighted by molar-refractivity contribution is -0.146. The van der Waals surface area contributed by atoms with E-state index < -0.39 is 11.4 Å². The van der Waals surface area contributed by atoms with Gasteiger partial charge in [0, 0.05) is 17.5 Å². The second-order valence-electron chi connectivity index (χ2n) is 4.38. The van der Waals surface area contributed by atoms with E-state index in [9.17, 15) is 9.59 Å². The first-order valence-corrected chi connectivity index (χ1v) is 6.45. The zero-order chi connectivity index (χ0) is 13.8. The van der Waals surface area contributed by atoms with E-state index in [0.29, 0.717) is 4.34 Å². The van der Waals surface area contributed by atoms with Gasteiger partial charge in [0.2, 0.25) is 5.91 Å². The minimum atomic E-state index is -0.976. The summed E-state index contributed by atoms with van der Waals surface area (Å²) in [7, 11) is 0. The second kappa shape index (κ2) is 6.02. The summed E-state index contributed by atoms with van der Waals surface area (Å²) in [6.45, 7) is 3.19. The van der Waals surface area contributed by atoms with Crippen LogP contribution in [0.1, 0.15) is 18.7 Å². The summed E-state index contributed by atoms with van der Waals surface area (Å²) >= 11 is 7.11. The van der Waals surface area contributed by atoms with Gasteiger partial charge in [-0.25, -0.2) is 0 Å². The van der Waals surface area contributed by atoms with Crippen LogP contribution in [0.3, 0.4) is 0 Å². The molecule has 1 rings (SSSR count). The van der Waals surface area contributed by atoms with Crippen molar-refractivity contribution in [2.75, 3.05) is 6.54 Å². The summed E-state index contributed by atoms with van der Waals surface area (Å²) in [5.74, 6) is -1.27. The van der Waals surface area contributed by atoms with Gasteiger partial charge in [0.1, 0.15) is 0 Å². The van der Waals surface area contributed by atoms with Crippen molar-refractivity contribution in [1.29, 1.82) is 0 Å². The molecular formula is C12H14ClNO3S. The van der Waals surface area contributed by atoms with Crippen LogP contribution in [-0.2, 0) is 9.59 Å². The van der Waals surface area contributed by atoms with Gasteiger partial charge in [-0.3, -0.25) is 9.59 Å². The molecule has 0 saturated heterocycles. The SMILES string of the molecule is CC(C)(CNC(=O)/C=C/c1ccc(Cl)s1)C(=O)O. The van der Waals surface area contributed by atoms with Crippen LogP contribution in [0.2, 0.25) is 4.34 Å². The molecule has 0 aliphatic rings. The summed E-state index contributed by atoms with van der Waals surface area (Å²) in [6.07, 6.45) is 3.00. The molecule has 0 radical (unpaired) electrons. The van der Waals surface area contributed by atoms with Crippen molar-refractivity contribution in [3.8, 4) is 0 Å². The number of amides is 1. The summed E-state index contributed by atoms with van der Waals surface area (Å²) in [6, 6.07) is 3.55. The lowest BCUT2D eigenvalue weighted by Gasteiger charge is -2.18. The van der Waals surface area contributed by atoms with Crippen LogP contribution in [0.4, 0.5) is 0 Å². The van der Waals surface area contributed by atoms with Crippen molar-refractivity contribution in [1.82, 2.24) is 5.32 Å². The number of carbonyl (C=O) groups is 2. The molecular weight excluding hydrogens is 274 g/mol. The maximum absolute atomic E-state index is 11.5. The maximum atomic E-state index is 11.5. The molecule has 0 aromatic carbocycles. The number of halogens is 1. The van der Waals surface area contributed by atoms with E-state index in [1.54, 1.807) is 32.1 Å². The molecule has 18 heavy (non-hydrogen) atoms. The summed E-state index contributed by atoms with van der Waals surface area (Å²) < 4.78 is 0.655. The van der Waals surface area contributed by atoms with E-state index in [0.717, 1.165) is 4.88 Å². The monoisotopic (exact) mass is 287 g/mol. The van der Waals surface area contributed by atoms with Crippen LogP contribution in [0.25, 0.3) is 6.08 Å². The number of hydrogen-bond donors (Lipinski definition) is 2. The van der Waals surface area contributed by atoms with E-state index in [-0.39, 0.29) is 12.5 Å². The predicted octanol–water partition coefficient (Wildman–Crippen LogP) is 2.64. The smallest absolute Gasteiger partial charge is 0.310 e. The number of thiophene rings is 1. The molecule has 0 aliphatic carbocycles. The molecule has 1 aromatic rings. The summed E-state index contributed by atoms with van der Waals surface area (Å²) in [4.78, 5) is 23.2. The summed E-state index contributed by atoms with van der Waals surface area (Å²) in [5.41, 5.74) is -0.976. The standard InChI is InChI=1S/C12H14ClNO3S/c1-12(2,11(16)17)7-14-10(15)6-4-8-3-5-9(13)18-8/h3-6H,7H2,1-2H3,(H,14,15)(H,16,17)/b6-4+. The minimum absolute atomic E-state index is 0.0801. The number of aliphatic carboxylic acids is 1. The lowest BCUT2D eigenvalue weighted by atomic mass is 9.94. The molecule has 0 spiro atoms. The fraction of sp³-hybridized carbons (Fsp3) is 0.333. The molecule has 0 aliphatic heterocycles. The average molecular weight is 288 g/mol. The molecule has 2 N–H and O–H groups in total. The molecule has 1 aromatic heterocycles. The highest BCUT2D eigenvalue weighted by Crippen LogP contribution is 2.22. The predicted molar refractivity (Wildman–Crippen MR) is 72.8 cm³/mol. The Morgan fingerprint density at radius 3 is 2.67 bits per heavy atom. The van der Waals surface area contributed by atoms with E-state index >= 15 is 0 Å². The fourth-order valence-electron chi connectivity index (χ4n) is 1.02. The Morgan fingerprint density at radius 2 is 2.17 bits per heavy atom. The molecule has 1 heterocycles. The van der Waals surface area contributed by atoms with E-state index in [1.165, 1.54) is 17.4 Å². The van der Waals surface area contributed by atoms with Crippen molar-refractivity contribution >= 4 is 40.9 Å². The van der Waals surface area contributed by atoms with Crippen molar-refractivity contribution < 1.29 is 14.7 Å². The molecule has 0 unspecified atom stereocenters. The zero-order valence-corrected chi connectivity index (χ0v) is 11.6. The highest BCUT2D eigenvalue weighted by Gasteiger charge is 2.27. The lowest BCUT2D eigenvalue weighted by Crippen LogP contribution is -2.38. The van der Waals surface area contributed by atoms with Crippen molar-refractivity contribution in [2.45, 2.75) is 13.8 Å². The highest BCUT2D eigenvalue weighted by atomic mass is 35.5. The number of nitrogens with one attached hydrogen (secondary N) is 1. The van der Waals surface area contributed by atoms with E-state index in [1.807, 2.05) is 0 Å². The average Bonchev–Trinajstić information content (AvgIpc) is 2.69. The van der Waals surface area contributed by atoms with E-state index in [4.69, 9.17) is 16.7 Å². The van der Waals surface area contributed by atoms with Crippen LogP contribution >= 0.6 is 22.9 Å². The van der Waals surface area contributed by atoms with Crippen LogP contribution in [0.15, 0.2) is 18.2 Å². The highest BCUT2D eigenvalue weighted by molar-refractivity contribution is 7.17. The van der Waals surface area contributed by atoms with Gasteiger partial charge in [-0.1, -0.05) is 11.6 Å². The third-order valence-corrected chi connectivity index (χ3v) is 3.47. The first kappa shape index (κ1) is 14.7. The van der Waals surface area contributed by atoms with Crippen molar-refractivity contribution in [3.63, 3.8) is 0 Å². The Kier molecular flexibility index (Phi) is 4.93. The van der Waals surface area contributed by atoms with Crippen LogP contribution < -0.4 is 5.32 Å². The molecule has 1 amide bonds. The number of hydrogen-bond acceptors (Lipinski definition) is 3. The van der Waals surface area contributed by atoms with Gasteiger partial charge in [-0.15, -0.1) is 11.3 Å². The molecule has 4 nitrogen and oxygen atoms in total. The van der Waals surface area contributed by atoms with Gasteiger partial charge in [0.05, 0.1) is 9.75 Å². The molecule has 0 bridgehead atoms. The molecule has 6 heteroatoms. The maximum Gasteiger partial charge on any atom is 0.310 e. The zero-order valence-electron chi connectivity index (χ0n) is 10.1. The first-order chi connectivity index (χ1) is 8.31. The topological polar surface area (TPSA) is 66.4 Å². The van der Waals surface area contributed by atoms with Crippen molar-refractivity contribution in [2.24, 2.45) is 5.41 Å². The quantitative estimate of drug-likeness (QED) is 0.818. The van der Waals surface area contributed by atoms with Gasteiger partial charge >= 0.3 is 5.97 Å². The summed E-state index contributed by atoms with van der Waals surface area (Å²) in [5, 5.41) is 11.4. The van der Waals surface area contributed by atoms with Gasteiger partial charge in [-0.2, -0.15) is 0 Å². The van der Waals surface area contributed by atoms with Gasteiger partial charge in [0.15, 0.2) is 0 Å². The Labute approximate surface area is 114 Å². The Bertz CT molecular complexity index is 479. The number of carboxylic acids is 1. The molecule has 0 saturated carbocycles. The Hall–Kier alpha value is -1.33. The third-order valence-electron chi connectivity index (χ3n) is 2.28. The van der Waals surface area contributed by atoms with Crippen LogP contribution in [-0.4, -0.2) is 23.5 Å². The van der Waals surface area contributed by atoms with Crippen LogP contribution in [0.5, 0.6) is 0 Å². The van der Waals surface area contributed by atoms with Crippen LogP contribution in [0, 0.1) is 5.41 Å². The number of rotatable bonds is 5. The Balaban J connectivity index is 2.48. The molecule has 0 fully saturated rings. The largest absolute Gasteiger partial charge is 0.481 e.